The molecule has 0 saturated heterocycles. The number of hydrogen-bond donors (Lipinski definition) is 0. The molecule has 0 N–H and O–H groups in total. The minimum Gasteiger partial charge on any atom is -0.495 e. The number of anilines is 1. The van der Waals surface area contributed by atoms with Gasteiger partial charge in [-0.1, -0.05) is 17.7 Å². The quantitative estimate of drug-likeness (QED) is 0.411. The molecule has 29 heavy (non-hydrogen) atoms. The Hall–Kier alpha value is -3.17. The number of aromatic nitrogens is 1. The van der Waals surface area contributed by atoms with E-state index in [1.807, 2.05) is 0 Å². The molecule has 2 aromatic carbocycles. The van der Waals surface area contributed by atoms with Crippen LogP contribution in [0.5, 0.6) is 5.75 Å². The molecule has 8 nitrogen and oxygen atoms in total. The highest BCUT2D eigenvalue weighted by atomic mass is 35.5. The number of ether oxygens (including phenoxy) is 1. The SMILES string of the molecule is COc1ccc([N+](=O)[O-])cc1S(=O)(=O)N(Cc1cccnc1)c1ccc(Cl)cc1. The number of rotatable bonds is 7. The van der Waals surface area contributed by atoms with E-state index in [4.69, 9.17) is 16.3 Å². The molecular weight excluding hydrogens is 418 g/mol. The van der Waals surface area contributed by atoms with Crippen LogP contribution < -0.4 is 9.04 Å². The van der Waals surface area contributed by atoms with Crippen molar-refractivity contribution in [3.05, 3.63) is 87.7 Å². The summed E-state index contributed by atoms with van der Waals surface area (Å²) in [6.07, 6.45) is 3.12. The smallest absolute Gasteiger partial charge is 0.271 e. The number of methoxy groups -OCH3 is 1. The predicted octanol–water partition coefficient (Wildman–Crippen LogP) is 4.05. The average Bonchev–Trinajstić information content (AvgIpc) is 2.73. The van der Waals surface area contributed by atoms with Crippen LogP contribution in [0.25, 0.3) is 0 Å². The molecule has 0 aliphatic rings. The maximum Gasteiger partial charge on any atom is 0.271 e. The van der Waals surface area contributed by atoms with Gasteiger partial charge in [-0.3, -0.25) is 19.4 Å². The summed E-state index contributed by atoms with van der Waals surface area (Å²) in [5.41, 5.74) is 0.615. The van der Waals surface area contributed by atoms with Crippen LogP contribution in [-0.2, 0) is 16.6 Å². The third-order valence-electron chi connectivity index (χ3n) is 4.09. The van der Waals surface area contributed by atoms with Gasteiger partial charge in [-0.05, 0) is 42.0 Å². The molecule has 3 rings (SSSR count). The highest BCUT2D eigenvalue weighted by Crippen LogP contribution is 2.34. The van der Waals surface area contributed by atoms with Gasteiger partial charge in [0.25, 0.3) is 15.7 Å². The van der Waals surface area contributed by atoms with Gasteiger partial charge >= 0.3 is 0 Å². The fourth-order valence-corrected chi connectivity index (χ4v) is 4.44. The molecule has 0 unspecified atom stereocenters. The molecule has 0 atom stereocenters. The van der Waals surface area contributed by atoms with Crippen LogP contribution in [0, 0.1) is 10.1 Å². The molecule has 0 spiro atoms. The molecule has 0 radical (unpaired) electrons. The number of nitrogens with zero attached hydrogens (tertiary/aromatic N) is 3. The second-order valence-corrected chi connectivity index (χ2v) is 8.21. The second kappa shape index (κ2) is 8.46. The average molecular weight is 434 g/mol. The van der Waals surface area contributed by atoms with Crippen molar-refractivity contribution in [2.75, 3.05) is 11.4 Å². The Bertz CT molecular complexity index is 1120. The van der Waals surface area contributed by atoms with E-state index in [-0.39, 0.29) is 22.9 Å². The van der Waals surface area contributed by atoms with Crippen LogP contribution in [0.3, 0.4) is 0 Å². The van der Waals surface area contributed by atoms with Crippen LogP contribution in [-0.4, -0.2) is 25.4 Å². The molecular formula is C19H16ClN3O5S. The summed E-state index contributed by atoms with van der Waals surface area (Å²) in [5, 5.41) is 11.6. The summed E-state index contributed by atoms with van der Waals surface area (Å²) in [7, 11) is -2.93. The van der Waals surface area contributed by atoms with Crippen LogP contribution in [0.2, 0.25) is 5.02 Å². The van der Waals surface area contributed by atoms with Crippen molar-refractivity contribution < 1.29 is 18.1 Å². The van der Waals surface area contributed by atoms with Crippen molar-refractivity contribution in [2.45, 2.75) is 11.4 Å². The molecule has 1 aromatic heterocycles. The lowest BCUT2D eigenvalue weighted by atomic mass is 10.2. The van der Waals surface area contributed by atoms with Gasteiger partial charge in [-0.2, -0.15) is 0 Å². The number of benzene rings is 2. The number of sulfonamides is 1. The molecule has 0 aliphatic heterocycles. The zero-order chi connectivity index (χ0) is 21.0. The van der Waals surface area contributed by atoms with Crippen molar-refractivity contribution in [1.82, 2.24) is 4.98 Å². The molecule has 0 aliphatic carbocycles. The lowest BCUT2D eigenvalue weighted by Gasteiger charge is -2.25. The monoisotopic (exact) mass is 433 g/mol. The van der Waals surface area contributed by atoms with Crippen molar-refractivity contribution in [3.63, 3.8) is 0 Å². The first kappa shape index (κ1) is 20.6. The highest BCUT2D eigenvalue weighted by Gasteiger charge is 2.30. The maximum absolute atomic E-state index is 13.5. The molecule has 0 amide bonds. The van der Waals surface area contributed by atoms with Crippen molar-refractivity contribution in [2.24, 2.45) is 0 Å². The summed E-state index contributed by atoms with van der Waals surface area (Å²) in [5.74, 6) is 0.000695. The Kier molecular flexibility index (Phi) is 6.00. The van der Waals surface area contributed by atoms with E-state index < -0.39 is 14.9 Å². The molecule has 0 bridgehead atoms. The van der Waals surface area contributed by atoms with E-state index in [9.17, 15) is 18.5 Å². The number of hydrogen-bond acceptors (Lipinski definition) is 6. The molecule has 10 heteroatoms. The molecule has 1 heterocycles. The Morgan fingerprint density at radius 2 is 1.90 bits per heavy atom. The van der Waals surface area contributed by atoms with Gasteiger partial charge in [-0.15, -0.1) is 0 Å². The fourth-order valence-electron chi connectivity index (χ4n) is 2.68. The van der Waals surface area contributed by atoms with Crippen LogP contribution in [0.4, 0.5) is 11.4 Å². The Balaban J connectivity index is 2.17. The topological polar surface area (TPSA) is 103 Å². The lowest BCUT2D eigenvalue weighted by Crippen LogP contribution is -2.31. The minimum atomic E-state index is -4.23. The van der Waals surface area contributed by atoms with Gasteiger partial charge < -0.3 is 4.74 Å². The number of nitro groups is 1. The first-order chi connectivity index (χ1) is 13.8. The van der Waals surface area contributed by atoms with E-state index in [0.29, 0.717) is 16.3 Å². The number of pyridine rings is 1. The molecule has 150 valence electrons. The van der Waals surface area contributed by atoms with Crippen molar-refractivity contribution in [1.29, 1.82) is 0 Å². The summed E-state index contributed by atoms with van der Waals surface area (Å²) in [4.78, 5) is 14.2. The summed E-state index contributed by atoms with van der Waals surface area (Å²) in [6.45, 7) is -0.0380. The molecule has 0 saturated carbocycles. The first-order valence-electron chi connectivity index (χ1n) is 8.32. The van der Waals surface area contributed by atoms with Gasteiger partial charge in [0.2, 0.25) is 0 Å². The Morgan fingerprint density at radius 1 is 1.17 bits per heavy atom. The van der Waals surface area contributed by atoms with Crippen LogP contribution >= 0.6 is 11.6 Å². The summed E-state index contributed by atoms with van der Waals surface area (Å²) >= 11 is 5.94. The third kappa shape index (κ3) is 4.47. The minimum absolute atomic E-state index is 0.000695. The third-order valence-corrected chi connectivity index (χ3v) is 6.14. The summed E-state index contributed by atoms with van der Waals surface area (Å²) in [6, 6.07) is 13.1. The lowest BCUT2D eigenvalue weighted by molar-refractivity contribution is -0.385. The van der Waals surface area contributed by atoms with E-state index in [1.54, 1.807) is 48.8 Å². The van der Waals surface area contributed by atoms with E-state index in [1.165, 1.54) is 19.2 Å². The van der Waals surface area contributed by atoms with Gasteiger partial charge in [-0.25, -0.2) is 8.42 Å². The summed E-state index contributed by atoms with van der Waals surface area (Å²) < 4.78 is 33.4. The van der Waals surface area contributed by atoms with Gasteiger partial charge in [0.1, 0.15) is 10.6 Å². The first-order valence-corrected chi connectivity index (χ1v) is 10.1. The predicted molar refractivity (Wildman–Crippen MR) is 109 cm³/mol. The van der Waals surface area contributed by atoms with Crippen molar-refractivity contribution >= 4 is 33.0 Å². The second-order valence-electron chi connectivity index (χ2n) is 5.94. The maximum atomic E-state index is 13.5. The van der Waals surface area contributed by atoms with Gasteiger partial charge in [0.05, 0.1) is 24.3 Å². The fraction of sp³-hybridized carbons (Fsp3) is 0.105. The molecule has 3 aromatic rings. The zero-order valence-electron chi connectivity index (χ0n) is 15.2. The van der Waals surface area contributed by atoms with Crippen molar-refractivity contribution in [3.8, 4) is 5.75 Å². The number of non-ortho nitro benzene ring substituents is 1. The Morgan fingerprint density at radius 3 is 2.48 bits per heavy atom. The zero-order valence-corrected chi connectivity index (χ0v) is 16.8. The number of halogens is 1. The largest absolute Gasteiger partial charge is 0.495 e. The highest BCUT2D eigenvalue weighted by molar-refractivity contribution is 7.93. The van der Waals surface area contributed by atoms with E-state index >= 15 is 0 Å². The van der Waals surface area contributed by atoms with Gasteiger partial charge in [0.15, 0.2) is 0 Å². The standard InChI is InChI=1S/C19H16ClN3O5S/c1-28-18-9-8-17(23(24)25)11-19(18)29(26,27)22(13-14-3-2-10-21-12-14)16-6-4-15(20)5-7-16/h2-12H,13H2,1H3. The Labute approximate surface area is 172 Å². The number of nitro benzene ring substituents is 1. The van der Waals surface area contributed by atoms with Crippen LogP contribution in [0.15, 0.2) is 71.9 Å². The van der Waals surface area contributed by atoms with E-state index in [0.717, 1.165) is 10.4 Å². The van der Waals surface area contributed by atoms with Gasteiger partial charge in [0, 0.05) is 29.5 Å². The van der Waals surface area contributed by atoms with E-state index in [2.05, 4.69) is 4.98 Å². The van der Waals surface area contributed by atoms with Crippen LogP contribution in [0.1, 0.15) is 5.56 Å². The normalized spacial score (nSPS) is 11.1. The molecule has 0 fully saturated rings.